The molecule has 0 aromatic carbocycles. The van der Waals surface area contributed by atoms with Crippen LogP contribution >= 0.6 is 0 Å². The maximum Gasteiger partial charge on any atom is 0.154 e. The highest BCUT2D eigenvalue weighted by Crippen LogP contribution is 2.22. The van der Waals surface area contributed by atoms with Crippen molar-refractivity contribution in [3.63, 3.8) is 0 Å². The fourth-order valence-corrected chi connectivity index (χ4v) is 3.75. The van der Waals surface area contributed by atoms with Crippen molar-refractivity contribution < 1.29 is 13.5 Å². The summed E-state index contributed by atoms with van der Waals surface area (Å²) in [6, 6.07) is 3.61. The number of pyridine rings is 1. The number of hydrogen-bond donors (Lipinski definition) is 1. The first-order chi connectivity index (χ1) is 8.39. The molecule has 2 atom stereocenters. The van der Waals surface area contributed by atoms with Gasteiger partial charge in [0.25, 0.3) is 0 Å². The van der Waals surface area contributed by atoms with Gasteiger partial charge < -0.3 is 10.0 Å². The SMILES string of the molecule is CC1CS(=O)(=O)CCN1c1ccc([C@H](C)O)nc1. The summed E-state index contributed by atoms with van der Waals surface area (Å²) >= 11 is 0. The molecular weight excluding hydrogens is 252 g/mol. The van der Waals surface area contributed by atoms with Crippen LogP contribution in [0.1, 0.15) is 25.6 Å². The van der Waals surface area contributed by atoms with E-state index in [1.165, 1.54) is 0 Å². The topological polar surface area (TPSA) is 70.5 Å². The van der Waals surface area contributed by atoms with E-state index in [2.05, 4.69) is 4.98 Å². The average molecular weight is 270 g/mol. The summed E-state index contributed by atoms with van der Waals surface area (Å²) in [6.45, 7) is 4.07. The number of sulfone groups is 1. The highest BCUT2D eigenvalue weighted by molar-refractivity contribution is 7.91. The molecule has 0 bridgehead atoms. The van der Waals surface area contributed by atoms with E-state index in [1.807, 2.05) is 17.9 Å². The second-order valence-corrected chi connectivity index (χ2v) is 7.00. The number of hydrogen-bond acceptors (Lipinski definition) is 5. The Bertz CT molecular complexity index is 511. The van der Waals surface area contributed by atoms with E-state index in [4.69, 9.17) is 0 Å². The zero-order valence-corrected chi connectivity index (χ0v) is 11.4. The molecule has 1 aromatic rings. The number of aliphatic hydroxyl groups excluding tert-OH is 1. The van der Waals surface area contributed by atoms with Crippen LogP contribution in [-0.2, 0) is 9.84 Å². The standard InChI is InChI=1S/C12H18N2O3S/c1-9-8-18(16,17)6-5-14(9)11-3-4-12(10(2)15)13-7-11/h3-4,7,9-10,15H,5-6,8H2,1-2H3/t9?,10-/m0/s1. The van der Waals surface area contributed by atoms with Crippen LogP contribution in [0.25, 0.3) is 0 Å². The third-order valence-electron chi connectivity index (χ3n) is 3.20. The number of aromatic nitrogens is 1. The fourth-order valence-electron chi connectivity index (χ4n) is 2.20. The van der Waals surface area contributed by atoms with Crippen LogP contribution in [0, 0.1) is 0 Å². The first kappa shape index (κ1) is 13.3. The number of anilines is 1. The minimum Gasteiger partial charge on any atom is -0.387 e. The van der Waals surface area contributed by atoms with Crippen molar-refractivity contribution in [1.82, 2.24) is 4.98 Å². The molecule has 18 heavy (non-hydrogen) atoms. The summed E-state index contributed by atoms with van der Waals surface area (Å²) in [6.07, 6.45) is 1.11. The van der Waals surface area contributed by atoms with Gasteiger partial charge in [-0.2, -0.15) is 0 Å². The average Bonchev–Trinajstić information content (AvgIpc) is 2.28. The largest absolute Gasteiger partial charge is 0.387 e. The van der Waals surface area contributed by atoms with E-state index in [0.717, 1.165) is 5.69 Å². The summed E-state index contributed by atoms with van der Waals surface area (Å²) in [4.78, 5) is 6.22. The summed E-state index contributed by atoms with van der Waals surface area (Å²) in [5.74, 6) is 0.376. The maximum atomic E-state index is 11.5. The highest BCUT2D eigenvalue weighted by Gasteiger charge is 2.28. The van der Waals surface area contributed by atoms with Crippen molar-refractivity contribution in [2.45, 2.75) is 26.0 Å². The van der Waals surface area contributed by atoms with Crippen LogP contribution in [0.3, 0.4) is 0 Å². The quantitative estimate of drug-likeness (QED) is 0.859. The van der Waals surface area contributed by atoms with Gasteiger partial charge in [-0.15, -0.1) is 0 Å². The van der Waals surface area contributed by atoms with Crippen LogP contribution in [0.5, 0.6) is 0 Å². The van der Waals surface area contributed by atoms with E-state index >= 15 is 0 Å². The molecule has 0 aliphatic carbocycles. The summed E-state index contributed by atoms with van der Waals surface area (Å²) in [7, 11) is -2.90. The summed E-state index contributed by atoms with van der Waals surface area (Å²) in [5, 5.41) is 9.39. The minimum atomic E-state index is -2.90. The van der Waals surface area contributed by atoms with E-state index in [0.29, 0.717) is 12.2 Å². The lowest BCUT2D eigenvalue weighted by molar-refractivity contribution is 0.194. The Labute approximate surface area is 107 Å². The lowest BCUT2D eigenvalue weighted by Gasteiger charge is -2.34. The molecule has 2 heterocycles. The van der Waals surface area contributed by atoms with E-state index < -0.39 is 15.9 Å². The van der Waals surface area contributed by atoms with Crippen molar-refractivity contribution >= 4 is 15.5 Å². The molecule has 100 valence electrons. The Kier molecular flexibility index (Phi) is 3.59. The molecule has 2 rings (SSSR count). The zero-order valence-electron chi connectivity index (χ0n) is 10.6. The van der Waals surface area contributed by atoms with Gasteiger partial charge in [-0.05, 0) is 26.0 Å². The lowest BCUT2D eigenvalue weighted by atomic mass is 10.2. The van der Waals surface area contributed by atoms with Gasteiger partial charge in [-0.1, -0.05) is 0 Å². The second kappa shape index (κ2) is 4.85. The Morgan fingerprint density at radius 2 is 2.22 bits per heavy atom. The minimum absolute atomic E-state index is 0.0389. The van der Waals surface area contributed by atoms with E-state index in [9.17, 15) is 13.5 Å². The van der Waals surface area contributed by atoms with Gasteiger partial charge in [0, 0.05) is 12.6 Å². The third kappa shape index (κ3) is 2.81. The van der Waals surface area contributed by atoms with Crippen LogP contribution in [0.15, 0.2) is 18.3 Å². The summed E-state index contributed by atoms with van der Waals surface area (Å²) < 4.78 is 23.0. The van der Waals surface area contributed by atoms with Crippen molar-refractivity contribution in [3.05, 3.63) is 24.0 Å². The molecule has 0 spiro atoms. The second-order valence-electron chi connectivity index (χ2n) is 4.77. The van der Waals surface area contributed by atoms with E-state index in [-0.39, 0.29) is 17.5 Å². The molecule has 1 aromatic heterocycles. The number of aliphatic hydroxyl groups is 1. The molecule has 1 aliphatic rings. The number of rotatable bonds is 2. The normalized spacial score (nSPS) is 24.8. The Hall–Kier alpha value is -1.14. The number of nitrogens with zero attached hydrogens (tertiary/aromatic N) is 2. The molecule has 6 heteroatoms. The molecular formula is C12H18N2O3S. The Morgan fingerprint density at radius 1 is 1.50 bits per heavy atom. The predicted molar refractivity (Wildman–Crippen MR) is 70.3 cm³/mol. The van der Waals surface area contributed by atoms with Gasteiger partial charge in [0.05, 0.1) is 35.2 Å². The summed E-state index contributed by atoms with van der Waals surface area (Å²) in [5.41, 5.74) is 1.53. The molecule has 1 fully saturated rings. The molecule has 1 saturated heterocycles. The fraction of sp³-hybridized carbons (Fsp3) is 0.583. The molecule has 0 amide bonds. The first-order valence-electron chi connectivity index (χ1n) is 6.00. The Balaban J connectivity index is 2.17. The maximum absolute atomic E-state index is 11.5. The molecule has 0 radical (unpaired) electrons. The Morgan fingerprint density at radius 3 is 2.72 bits per heavy atom. The van der Waals surface area contributed by atoms with Crippen LogP contribution in [-0.4, -0.2) is 42.6 Å². The van der Waals surface area contributed by atoms with Gasteiger partial charge in [0.15, 0.2) is 9.84 Å². The predicted octanol–water partition coefficient (Wildman–Crippen LogP) is 0.758. The van der Waals surface area contributed by atoms with Crippen LogP contribution in [0.2, 0.25) is 0 Å². The van der Waals surface area contributed by atoms with Crippen molar-refractivity contribution in [2.24, 2.45) is 0 Å². The lowest BCUT2D eigenvalue weighted by Crippen LogP contribution is -2.47. The molecule has 0 saturated carbocycles. The molecule has 1 aliphatic heterocycles. The smallest absolute Gasteiger partial charge is 0.154 e. The van der Waals surface area contributed by atoms with Crippen LogP contribution in [0.4, 0.5) is 5.69 Å². The highest BCUT2D eigenvalue weighted by atomic mass is 32.2. The monoisotopic (exact) mass is 270 g/mol. The zero-order chi connectivity index (χ0) is 13.3. The van der Waals surface area contributed by atoms with Gasteiger partial charge in [-0.25, -0.2) is 8.42 Å². The van der Waals surface area contributed by atoms with Crippen LogP contribution < -0.4 is 4.90 Å². The third-order valence-corrected chi connectivity index (χ3v) is 5.00. The van der Waals surface area contributed by atoms with E-state index in [1.54, 1.807) is 19.2 Å². The van der Waals surface area contributed by atoms with Gasteiger partial charge in [0.1, 0.15) is 0 Å². The van der Waals surface area contributed by atoms with Gasteiger partial charge >= 0.3 is 0 Å². The van der Waals surface area contributed by atoms with Crippen molar-refractivity contribution in [3.8, 4) is 0 Å². The van der Waals surface area contributed by atoms with Crippen molar-refractivity contribution in [1.29, 1.82) is 0 Å². The molecule has 1 N–H and O–H groups in total. The molecule has 1 unspecified atom stereocenters. The van der Waals surface area contributed by atoms with Crippen molar-refractivity contribution in [2.75, 3.05) is 23.0 Å². The van der Waals surface area contributed by atoms with Gasteiger partial charge in [0.2, 0.25) is 0 Å². The molecule has 5 nitrogen and oxygen atoms in total. The first-order valence-corrected chi connectivity index (χ1v) is 7.82. The van der Waals surface area contributed by atoms with Gasteiger partial charge in [-0.3, -0.25) is 4.98 Å².